The van der Waals surface area contributed by atoms with E-state index in [4.69, 9.17) is 17.5 Å². The van der Waals surface area contributed by atoms with Gasteiger partial charge in [0, 0.05) is 24.0 Å². The van der Waals surface area contributed by atoms with Crippen LogP contribution in [0.1, 0.15) is 46.4 Å². The van der Waals surface area contributed by atoms with Crippen molar-refractivity contribution in [2.75, 3.05) is 9.80 Å². The number of hydrogen-bond acceptors (Lipinski definition) is 5. The first-order chi connectivity index (χ1) is 18.6. The fourth-order valence-electron chi connectivity index (χ4n) is 4.79. The van der Waals surface area contributed by atoms with E-state index in [1.807, 2.05) is 0 Å². The van der Waals surface area contributed by atoms with Gasteiger partial charge in [-0.3, -0.25) is 19.5 Å². The molecule has 1 aromatic heterocycles. The van der Waals surface area contributed by atoms with Crippen molar-refractivity contribution in [2.45, 2.75) is 37.5 Å². The van der Waals surface area contributed by atoms with Gasteiger partial charge in [0.2, 0.25) is 0 Å². The van der Waals surface area contributed by atoms with E-state index in [1.54, 1.807) is 18.2 Å². The Bertz CT molecular complexity index is 1530. The molecular formula is C27H19F4N5O2S. The molecule has 39 heavy (non-hydrogen) atoms. The molecule has 3 aromatic rings. The average molecular weight is 554 g/mol. The van der Waals surface area contributed by atoms with Crippen LogP contribution in [0.2, 0.25) is 0 Å². The summed E-state index contributed by atoms with van der Waals surface area (Å²) in [6.07, 6.45) is -1.90. The fourth-order valence-corrected chi connectivity index (χ4v) is 5.26. The molecule has 0 bridgehead atoms. The van der Waals surface area contributed by atoms with Crippen molar-refractivity contribution in [3.05, 3.63) is 89.0 Å². The lowest BCUT2D eigenvalue weighted by Gasteiger charge is -2.43. The van der Waals surface area contributed by atoms with Crippen LogP contribution in [0.15, 0.2) is 60.8 Å². The molecule has 1 saturated carbocycles. The van der Waals surface area contributed by atoms with Gasteiger partial charge in [-0.15, -0.1) is 0 Å². The standard InChI is InChI=1S/C27H19F4N5O2S/c28-21-13-19(8-6-17(21)15-34-23(37)22-4-1-2-11-33-22)36-25(39)35(24(38)26(36)9-3-10-26)18-7-5-16(14-32)20(12-18)27(29,30)31/h1-2,4-8,11-13H,3,9-10,15H2,(H,34,37). The number of nitrogens with one attached hydrogen (secondary N) is 1. The zero-order valence-electron chi connectivity index (χ0n) is 20.1. The maximum absolute atomic E-state index is 15.2. The maximum Gasteiger partial charge on any atom is 0.417 e. The normalized spacial score (nSPS) is 16.3. The van der Waals surface area contributed by atoms with Crippen LogP contribution in [0.3, 0.4) is 0 Å². The minimum absolute atomic E-state index is 0.0897. The zero-order valence-corrected chi connectivity index (χ0v) is 20.9. The molecule has 1 spiro atoms. The number of hydrogen-bond donors (Lipinski definition) is 1. The number of nitriles is 1. The van der Waals surface area contributed by atoms with Crippen LogP contribution in [0.5, 0.6) is 0 Å². The zero-order chi connectivity index (χ0) is 27.9. The highest BCUT2D eigenvalue weighted by Gasteiger charge is 2.59. The van der Waals surface area contributed by atoms with Crippen molar-refractivity contribution in [1.82, 2.24) is 10.3 Å². The third-order valence-corrected chi connectivity index (χ3v) is 7.28. The summed E-state index contributed by atoms with van der Waals surface area (Å²) in [5.41, 5.74) is -2.41. The van der Waals surface area contributed by atoms with Gasteiger partial charge in [0.05, 0.1) is 22.9 Å². The first-order valence-corrected chi connectivity index (χ1v) is 12.3. The third-order valence-electron chi connectivity index (χ3n) is 6.91. The molecule has 198 valence electrons. The van der Waals surface area contributed by atoms with Gasteiger partial charge in [0.25, 0.3) is 11.8 Å². The van der Waals surface area contributed by atoms with Crippen molar-refractivity contribution >= 4 is 40.5 Å². The van der Waals surface area contributed by atoms with Crippen molar-refractivity contribution in [3.63, 3.8) is 0 Å². The molecule has 2 amide bonds. The molecule has 5 rings (SSSR count). The maximum atomic E-state index is 15.2. The van der Waals surface area contributed by atoms with Crippen LogP contribution in [-0.4, -0.2) is 27.4 Å². The van der Waals surface area contributed by atoms with E-state index in [1.165, 1.54) is 41.4 Å². The van der Waals surface area contributed by atoms with Crippen molar-refractivity contribution in [2.24, 2.45) is 0 Å². The molecule has 1 N–H and O–H groups in total. The highest BCUT2D eigenvalue weighted by atomic mass is 32.1. The number of pyridine rings is 1. The Morgan fingerprint density at radius 3 is 2.46 bits per heavy atom. The number of thiocarbonyl (C=S) groups is 1. The van der Waals surface area contributed by atoms with E-state index in [-0.39, 0.29) is 34.3 Å². The van der Waals surface area contributed by atoms with Gasteiger partial charge in [-0.2, -0.15) is 18.4 Å². The van der Waals surface area contributed by atoms with Crippen LogP contribution in [0.4, 0.5) is 28.9 Å². The van der Waals surface area contributed by atoms with E-state index in [2.05, 4.69) is 10.3 Å². The molecule has 1 saturated heterocycles. The second-order valence-corrected chi connectivity index (χ2v) is 9.52. The summed E-state index contributed by atoms with van der Waals surface area (Å²) in [4.78, 5) is 32.3. The molecule has 0 unspecified atom stereocenters. The van der Waals surface area contributed by atoms with Gasteiger partial charge >= 0.3 is 6.18 Å². The smallest absolute Gasteiger partial charge is 0.347 e. The molecule has 7 nitrogen and oxygen atoms in total. The Morgan fingerprint density at radius 1 is 1.13 bits per heavy atom. The van der Waals surface area contributed by atoms with Crippen molar-refractivity contribution in [1.29, 1.82) is 5.26 Å². The molecular weight excluding hydrogens is 534 g/mol. The first-order valence-electron chi connectivity index (χ1n) is 11.8. The molecule has 1 aliphatic carbocycles. The Morgan fingerprint density at radius 2 is 1.87 bits per heavy atom. The predicted octanol–water partition coefficient (Wildman–Crippen LogP) is 5.10. The van der Waals surface area contributed by atoms with Crippen molar-refractivity contribution < 1.29 is 27.2 Å². The van der Waals surface area contributed by atoms with E-state index in [0.717, 1.165) is 17.0 Å². The number of aromatic nitrogens is 1. The molecule has 2 heterocycles. The fraction of sp³-hybridized carbons (Fsp3) is 0.222. The summed E-state index contributed by atoms with van der Waals surface area (Å²) in [7, 11) is 0. The molecule has 0 radical (unpaired) electrons. The number of carbonyl (C=O) groups is 2. The van der Waals surface area contributed by atoms with Crippen LogP contribution in [-0.2, 0) is 17.5 Å². The van der Waals surface area contributed by atoms with E-state index in [9.17, 15) is 22.8 Å². The number of halogens is 4. The number of nitrogens with zero attached hydrogens (tertiary/aromatic N) is 4. The van der Waals surface area contributed by atoms with E-state index >= 15 is 4.39 Å². The molecule has 0 atom stereocenters. The minimum Gasteiger partial charge on any atom is -0.347 e. The molecule has 2 aromatic carbocycles. The minimum atomic E-state index is -4.82. The largest absolute Gasteiger partial charge is 0.417 e. The Kier molecular flexibility index (Phi) is 6.56. The Hall–Kier alpha value is -4.37. The second-order valence-electron chi connectivity index (χ2n) is 9.16. The number of carbonyl (C=O) groups excluding carboxylic acids is 2. The number of benzene rings is 2. The number of amides is 2. The second kappa shape index (κ2) is 9.74. The lowest BCUT2D eigenvalue weighted by molar-refractivity contribution is -0.137. The van der Waals surface area contributed by atoms with Crippen LogP contribution in [0, 0.1) is 17.1 Å². The lowest BCUT2D eigenvalue weighted by Crippen LogP contribution is -2.55. The topological polar surface area (TPSA) is 89.3 Å². The monoisotopic (exact) mass is 553 g/mol. The summed E-state index contributed by atoms with van der Waals surface area (Å²) in [5, 5.41) is 11.6. The summed E-state index contributed by atoms with van der Waals surface area (Å²) < 4.78 is 55.9. The Balaban J connectivity index is 1.44. The van der Waals surface area contributed by atoms with Gasteiger partial charge in [-0.25, -0.2) is 4.39 Å². The third kappa shape index (κ3) is 4.48. The SMILES string of the molecule is N#Cc1ccc(N2C(=O)C3(CCC3)N(c3ccc(CNC(=O)c4ccccn4)c(F)c3)C2=S)cc1C(F)(F)F. The average Bonchev–Trinajstić information content (AvgIpc) is 3.14. The number of alkyl halides is 3. The highest BCUT2D eigenvalue weighted by Crippen LogP contribution is 2.48. The predicted molar refractivity (Wildman–Crippen MR) is 137 cm³/mol. The van der Waals surface area contributed by atoms with Crippen molar-refractivity contribution in [3.8, 4) is 6.07 Å². The number of anilines is 2. The summed E-state index contributed by atoms with van der Waals surface area (Å²) >= 11 is 5.56. The quantitative estimate of drug-likeness (QED) is 0.349. The van der Waals surface area contributed by atoms with E-state index < -0.39 is 40.5 Å². The Labute approximate surface area is 225 Å². The first kappa shape index (κ1) is 26.2. The molecule has 12 heteroatoms. The molecule has 1 aliphatic heterocycles. The van der Waals surface area contributed by atoms with Crippen LogP contribution >= 0.6 is 12.2 Å². The molecule has 2 fully saturated rings. The van der Waals surface area contributed by atoms with Crippen LogP contribution < -0.4 is 15.1 Å². The van der Waals surface area contributed by atoms with Gasteiger partial charge < -0.3 is 10.2 Å². The van der Waals surface area contributed by atoms with E-state index in [0.29, 0.717) is 19.3 Å². The summed E-state index contributed by atoms with van der Waals surface area (Å²) in [6.45, 7) is -0.117. The van der Waals surface area contributed by atoms with Gasteiger partial charge in [0.1, 0.15) is 17.1 Å². The number of rotatable bonds is 5. The summed E-state index contributed by atoms with van der Waals surface area (Å²) in [6, 6.07) is 13.5. The molecule has 2 aliphatic rings. The lowest BCUT2D eigenvalue weighted by atomic mass is 9.75. The van der Waals surface area contributed by atoms with Gasteiger partial charge in [0.15, 0.2) is 5.11 Å². The van der Waals surface area contributed by atoms with Gasteiger partial charge in [-0.05, 0) is 73.9 Å². The highest BCUT2D eigenvalue weighted by molar-refractivity contribution is 7.81. The van der Waals surface area contributed by atoms with Crippen LogP contribution in [0.25, 0.3) is 0 Å². The van der Waals surface area contributed by atoms with Gasteiger partial charge in [-0.1, -0.05) is 12.1 Å². The summed E-state index contributed by atoms with van der Waals surface area (Å²) in [5.74, 6) is -1.64.